The highest BCUT2D eigenvalue weighted by atomic mass is 16.7. The van der Waals surface area contributed by atoms with Crippen LogP contribution in [0.2, 0.25) is 0 Å². The molecule has 1 aliphatic rings. The lowest BCUT2D eigenvalue weighted by Crippen LogP contribution is -2.20. The van der Waals surface area contributed by atoms with Gasteiger partial charge in [0.25, 0.3) is 0 Å². The predicted molar refractivity (Wildman–Crippen MR) is 31.8 cm³/mol. The van der Waals surface area contributed by atoms with Crippen molar-refractivity contribution in [3.63, 3.8) is 0 Å². The maximum absolute atomic E-state index is 6.49. The molecule has 49 valence electrons. The van der Waals surface area contributed by atoms with Crippen molar-refractivity contribution in [2.75, 3.05) is 6.61 Å². The third kappa shape index (κ3) is 1.95. The molecular formula is C7H9O2. The molecule has 2 heteroatoms. The summed E-state index contributed by atoms with van der Waals surface area (Å²) in [6.07, 6.45) is 11.3. The van der Waals surface area contributed by atoms with E-state index in [4.69, 9.17) is 11.2 Å². The van der Waals surface area contributed by atoms with Crippen molar-refractivity contribution in [3.8, 4) is 6.11 Å². The van der Waals surface area contributed by atoms with E-state index in [0.717, 1.165) is 25.9 Å². The van der Waals surface area contributed by atoms with Crippen LogP contribution in [-0.2, 0) is 9.47 Å². The Morgan fingerprint density at radius 2 is 2.44 bits per heavy atom. The average Bonchev–Trinajstić information content (AvgIpc) is 1.91. The van der Waals surface area contributed by atoms with Crippen molar-refractivity contribution in [1.82, 2.24) is 0 Å². The molecule has 9 heavy (non-hydrogen) atoms. The number of hydrogen-bond donors (Lipinski definition) is 0. The summed E-state index contributed by atoms with van der Waals surface area (Å²) < 4.78 is 9.79. The van der Waals surface area contributed by atoms with Gasteiger partial charge < -0.3 is 9.47 Å². The van der Waals surface area contributed by atoms with Gasteiger partial charge in [-0.05, 0) is 12.8 Å². The Hall–Kier alpha value is -0.680. The largest absolute Gasteiger partial charge is 0.414 e. The summed E-state index contributed by atoms with van der Waals surface area (Å²) in [5.41, 5.74) is 0. The molecule has 0 aromatic rings. The SMILES string of the molecule is [C]#COC1CCCCO1. The first-order valence-corrected chi connectivity index (χ1v) is 3.12. The molecule has 0 N–H and O–H groups in total. The molecule has 1 saturated heterocycles. The van der Waals surface area contributed by atoms with Gasteiger partial charge in [0.2, 0.25) is 6.29 Å². The molecule has 1 atom stereocenters. The molecule has 1 unspecified atom stereocenters. The van der Waals surface area contributed by atoms with Crippen molar-refractivity contribution in [2.24, 2.45) is 0 Å². The van der Waals surface area contributed by atoms with Gasteiger partial charge in [0.15, 0.2) is 0 Å². The second-order valence-electron chi connectivity index (χ2n) is 2.02. The van der Waals surface area contributed by atoms with Crippen LogP contribution in [0.5, 0.6) is 0 Å². The zero-order valence-corrected chi connectivity index (χ0v) is 5.22. The molecule has 1 radical (unpaired) electrons. The van der Waals surface area contributed by atoms with Crippen LogP contribution in [0.15, 0.2) is 0 Å². The van der Waals surface area contributed by atoms with E-state index in [1.165, 1.54) is 0 Å². The minimum Gasteiger partial charge on any atom is -0.414 e. The maximum atomic E-state index is 6.49. The molecular weight excluding hydrogens is 116 g/mol. The molecule has 2 nitrogen and oxygen atoms in total. The zero-order chi connectivity index (χ0) is 6.53. The highest BCUT2D eigenvalue weighted by Crippen LogP contribution is 2.12. The predicted octanol–water partition coefficient (Wildman–Crippen LogP) is 1.08. The van der Waals surface area contributed by atoms with E-state index in [1.807, 2.05) is 6.11 Å². The summed E-state index contributed by atoms with van der Waals surface area (Å²) in [6.45, 7) is 0.756. The Morgan fingerprint density at radius 1 is 1.56 bits per heavy atom. The van der Waals surface area contributed by atoms with Crippen LogP contribution in [0.4, 0.5) is 0 Å². The monoisotopic (exact) mass is 125 g/mol. The Balaban J connectivity index is 2.17. The standard InChI is InChI=1S/C7H9O2/c1-2-8-7-5-3-4-6-9-7/h7H,3-6H2. The lowest BCUT2D eigenvalue weighted by atomic mass is 10.2. The topological polar surface area (TPSA) is 18.5 Å². The van der Waals surface area contributed by atoms with Gasteiger partial charge >= 0.3 is 0 Å². The van der Waals surface area contributed by atoms with E-state index < -0.39 is 0 Å². The maximum Gasteiger partial charge on any atom is 0.210 e. The molecule has 0 spiro atoms. The van der Waals surface area contributed by atoms with Crippen LogP contribution >= 0.6 is 0 Å². The van der Waals surface area contributed by atoms with E-state index in [-0.39, 0.29) is 6.29 Å². The van der Waals surface area contributed by atoms with Gasteiger partial charge in [-0.3, -0.25) is 0 Å². The highest BCUT2D eigenvalue weighted by molar-refractivity contribution is 4.62. The van der Waals surface area contributed by atoms with Crippen molar-refractivity contribution in [2.45, 2.75) is 25.6 Å². The van der Waals surface area contributed by atoms with Gasteiger partial charge in [-0.25, -0.2) is 0 Å². The second-order valence-corrected chi connectivity index (χ2v) is 2.02. The quantitative estimate of drug-likeness (QED) is 0.488. The Bertz CT molecular complexity index is 109. The van der Waals surface area contributed by atoms with Crippen molar-refractivity contribution in [1.29, 1.82) is 0 Å². The van der Waals surface area contributed by atoms with Crippen LogP contribution in [0.1, 0.15) is 19.3 Å². The van der Waals surface area contributed by atoms with Gasteiger partial charge in [-0.15, -0.1) is 0 Å². The van der Waals surface area contributed by atoms with Crippen molar-refractivity contribution < 1.29 is 9.47 Å². The Morgan fingerprint density at radius 3 is 3.00 bits per heavy atom. The summed E-state index contributed by atoms with van der Waals surface area (Å²) in [5.74, 6) is 0. The van der Waals surface area contributed by atoms with Gasteiger partial charge in [0, 0.05) is 12.8 Å². The summed E-state index contributed by atoms with van der Waals surface area (Å²) >= 11 is 0. The van der Waals surface area contributed by atoms with Gasteiger partial charge in [0.1, 0.15) is 6.11 Å². The Kier molecular flexibility index (Phi) is 2.41. The summed E-state index contributed by atoms with van der Waals surface area (Å²) in [4.78, 5) is 0. The van der Waals surface area contributed by atoms with Crippen molar-refractivity contribution >= 4 is 0 Å². The first-order chi connectivity index (χ1) is 4.43. The molecule has 0 aromatic carbocycles. The lowest BCUT2D eigenvalue weighted by Gasteiger charge is -2.19. The molecule has 0 aliphatic carbocycles. The fraction of sp³-hybridized carbons (Fsp3) is 0.714. The third-order valence-electron chi connectivity index (χ3n) is 1.33. The molecule has 1 heterocycles. The van der Waals surface area contributed by atoms with E-state index in [0.29, 0.717) is 0 Å². The second kappa shape index (κ2) is 3.37. The van der Waals surface area contributed by atoms with E-state index in [2.05, 4.69) is 4.74 Å². The van der Waals surface area contributed by atoms with E-state index >= 15 is 0 Å². The fourth-order valence-corrected chi connectivity index (χ4v) is 0.870. The minimum absolute atomic E-state index is 0.198. The number of ether oxygens (including phenoxy) is 2. The zero-order valence-electron chi connectivity index (χ0n) is 5.22. The smallest absolute Gasteiger partial charge is 0.210 e. The van der Waals surface area contributed by atoms with Gasteiger partial charge in [0.05, 0.1) is 6.61 Å². The summed E-state index contributed by atoms with van der Waals surface area (Å²) in [7, 11) is 0. The van der Waals surface area contributed by atoms with Crippen LogP contribution in [0, 0.1) is 12.5 Å². The lowest BCUT2D eigenvalue weighted by molar-refractivity contribution is -0.122. The molecule has 0 amide bonds. The van der Waals surface area contributed by atoms with Crippen LogP contribution in [0.3, 0.4) is 0 Å². The van der Waals surface area contributed by atoms with Crippen molar-refractivity contribution in [3.05, 3.63) is 6.42 Å². The Labute approximate surface area is 55.1 Å². The summed E-state index contributed by atoms with van der Waals surface area (Å²) in [5, 5.41) is 0. The molecule has 0 saturated carbocycles. The third-order valence-corrected chi connectivity index (χ3v) is 1.33. The summed E-state index contributed by atoms with van der Waals surface area (Å²) in [6, 6.07) is 0. The van der Waals surface area contributed by atoms with E-state index in [9.17, 15) is 0 Å². The average molecular weight is 125 g/mol. The molecule has 0 aromatic heterocycles. The molecule has 1 aliphatic heterocycles. The molecule has 0 bridgehead atoms. The first kappa shape index (κ1) is 6.44. The van der Waals surface area contributed by atoms with Crippen LogP contribution < -0.4 is 0 Å². The molecule has 1 rings (SSSR count). The fourth-order valence-electron chi connectivity index (χ4n) is 0.870. The number of rotatable bonds is 1. The minimum atomic E-state index is -0.198. The van der Waals surface area contributed by atoms with E-state index in [1.54, 1.807) is 0 Å². The normalized spacial score (nSPS) is 26.8. The van der Waals surface area contributed by atoms with Gasteiger partial charge in [-0.2, -0.15) is 0 Å². The van der Waals surface area contributed by atoms with Gasteiger partial charge in [-0.1, -0.05) is 0 Å². The van der Waals surface area contributed by atoms with Crippen LogP contribution in [0.25, 0.3) is 0 Å². The first-order valence-electron chi connectivity index (χ1n) is 3.12. The molecule has 1 fully saturated rings. The van der Waals surface area contributed by atoms with Crippen LogP contribution in [-0.4, -0.2) is 12.9 Å². The highest BCUT2D eigenvalue weighted by Gasteiger charge is 2.12. The number of hydrogen-bond acceptors (Lipinski definition) is 2.